The van der Waals surface area contributed by atoms with Gasteiger partial charge < -0.3 is 10.2 Å². The fourth-order valence-corrected chi connectivity index (χ4v) is 5.17. The van der Waals surface area contributed by atoms with Crippen LogP contribution in [0.1, 0.15) is 84.4 Å². The lowest BCUT2D eigenvalue weighted by atomic mass is 9.94. The average molecular weight is 477 g/mol. The second-order valence-corrected chi connectivity index (χ2v) is 10.2. The third kappa shape index (κ3) is 5.89. The molecule has 7 heteroatoms. The Morgan fingerprint density at radius 2 is 1.79 bits per heavy atom. The van der Waals surface area contributed by atoms with Crippen molar-refractivity contribution in [1.29, 1.82) is 0 Å². The van der Waals surface area contributed by atoms with Gasteiger partial charge in [-0.1, -0.05) is 63.4 Å². The Hall–Kier alpha value is -3.06. The zero-order valence-corrected chi connectivity index (χ0v) is 20.6. The predicted molar refractivity (Wildman–Crippen MR) is 135 cm³/mol. The topological polar surface area (TPSA) is 75.2 Å². The van der Waals surface area contributed by atoms with E-state index in [4.69, 9.17) is 0 Å². The fraction of sp³-hybridized carbons (Fsp3) is 0.407. The molecule has 1 N–H and O–H groups in total. The Labute approximate surface area is 205 Å². The predicted octanol–water partition coefficient (Wildman–Crippen LogP) is 5.49. The number of rotatable bonds is 8. The number of carbonyl (C=O) groups is 2. The molecule has 3 aromatic rings. The third-order valence-electron chi connectivity index (χ3n) is 6.38. The number of nitrogens with one attached hydrogen (secondary N) is 1. The molecule has 6 nitrogen and oxygen atoms in total. The summed E-state index contributed by atoms with van der Waals surface area (Å²) >= 11 is 1.57. The van der Waals surface area contributed by atoms with Crippen LogP contribution in [-0.4, -0.2) is 32.7 Å². The van der Waals surface area contributed by atoms with Crippen LogP contribution in [0.25, 0.3) is 0 Å². The van der Waals surface area contributed by atoms with Gasteiger partial charge in [0.15, 0.2) is 0 Å². The molecule has 1 aromatic carbocycles. The molecule has 0 bridgehead atoms. The van der Waals surface area contributed by atoms with Gasteiger partial charge in [-0.2, -0.15) is 0 Å². The van der Waals surface area contributed by atoms with Crippen molar-refractivity contribution in [1.82, 2.24) is 20.2 Å². The molecule has 2 amide bonds. The number of aromatic nitrogens is 2. The van der Waals surface area contributed by atoms with E-state index < -0.39 is 6.04 Å². The first kappa shape index (κ1) is 24.1. The van der Waals surface area contributed by atoms with Gasteiger partial charge in [0.05, 0.1) is 12.7 Å². The maximum absolute atomic E-state index is 13.8. The van der Waals surface area contributed by atoms with E-state index in [9.17, 15) is 9.59 Å². The number of carbonyl (C=O) groups excluding carboxylic acids is 2. The van der Waals surface area contributed by atoms with E-state index in [0.717, 1.165) is 36.1 Å². The molecule has 0 aliphatic heterocycles. The molecule has 0 spiro atoms. The lowest BCUT2D eigenvalue weighted by Gasteiger charge is -2.33. The number of benzene rings is 1. The largest absolute Gasteiger partial charge is 0.351 e. The van der Waals surface area contributed by atoms with Gasteiger partial charge in [-0.05, 0) is 41.3 Å². The van der Waals surface area contributed by atoms with Crippen LogP contribution in [0, 0.1) is 0 Å². The molecule has 0 saturated heterocycles. The molecule has 2 heterocycles. The fourth-order valence-electron chi connectivity index (χ4n) is 4.47. The molecular weight excluding hydrogens is 444 g/mol. The van der Waals surface area contributed by atoms with Gasteiger partial charge in [0.1, 0.15) is 11.7 Å². The van der Waals surface area contributed by atoms with E-state index >= 15 is 0 Å². The second kappa shape index (κ2) is 11.4. The summed E-state index contributed by atoms with van der Waals surface area (Å²) in [7, 11) is 0. The summed E-state index contributed by atoms with van der Waals surface area (Å²) in [6.07, 6.45) is 9.92. The first-order valence-electron chi connectivity index (χ1n) is 12.0. The highest BCUT2D eigenvalue weighted by molar-refractivity contribution is 7.09. The van der Waals surface area contributed by atoms with Crippen LogP contribution in [0.4, 0.5) is 0 Å². The van der Waals surface area contributed by atoms with Crippen molar-refractivity contribution in [2.24, 2.45) is 0 Å². The van der Waals surface area contributed by atoms with Crippen molar-refractivity contribution in [3.05, 3.63) is 82.1 Å². The van der Waals surface area contributed by atoms with Crippen LogP contribution < -0.4 is 5.32 Å². The zero-order valence-electron chi connectivity index (χ0n) is 19.8. The summed E-state index contributed by atoms with van der Waals surface area (Å²) in [4.78, 5) is 38.5. The summed E-state index contributed by atoms with van der Waals surface area (Å²) in [5.74, 6) is -0.0664. The second-order valence-electron chi connectivity index (χ2n) is 9.17. The Kier molecular flexibility index (Phi) is 8.06. The molecule has 1 saturated carbocycles. The van der Waals surface area contributed by atoms with Crippen LogP contribution in [0.5, 0.6) is 0 Å². The van der Waals surface area contributed by atoms with E-state index in [2.05, 4.69) is 41.3 Å². The van der Waals surface area contributed by atoms with E-state index in [1.807, 2.05) is 29.6 Å². The smallest absolute Gasteiger partial charge is 0.275 e. The van der Waals surface area contributed by atoms with E-state index in [1.54, 1.807) is 16.2 Å². The number of amides is 2. The lowest BCUT2D eigenvalue weighted by molar-refractivity contribution is -0.127. The van der Waals surface area contributed by atoms with Crippen LogP contribution in [-0.2, 0) is 11.3 Å². The Morgan fingerprint density at radius 1 is 1.06 bits per heavy atom. The highest BCUT2D eigenvalue weighted by Crippen LogP contribution is 2.29. The number of thiophene rings is 1. The maximum Gasteiger partial charge on any atom is 0.275 e. The molecule has 4 rings (SSSR count). The molecule has 0 radical (unpaired) electrons. The highest BCUT2D eigenvalue weighted by Gasteiger charge is 2.34. The summed E-state index contributed by atoms with van der Waals surface area (Å²) in [6.45, 7) is 4.60. The van der Waals surface area contributed by atoms with Crippen molar-refractivity contribution in [2.45, 2.75) is 70.5 Å². The monoisotopic (exact) mass is 476 g/mol. The van der Waals surface area contributed by atoms with Crippen molar-refractivity contribution in [3.8, 4) is 0 Å². The minimum Gasteiger partial charge on any atom is -0.351 e. The Morgan fingerprint density at radius 3 is 2.41 bits per heavy atom. The Bertz CT molecular complexity index is 1060. The summed E-state index contributed by atoms with van der Waals surface area (Å²) in [5.41, 5.74) is 2.22. The van der Waals surface area contributed by atoms with Crippen molar-refractivity contribution < 1.29 is 9.59 Å². The number of nitrogens with zero attached hydrogens (tertiary/aromatic N) is 3. The van der Waals surface area contributed by atoms with Crippen LogP contribution in [0.15, 0.2) is 60.4 Å². The molecule has 1 atom stereocenters. The van der Waals surface area contributed by atoms with Gasteiger partial charge in [-0.25, -0.2) is 4.98 Å². The average Bonchev–Trinajstić information content (AvgIpc) is 3.38. The first-order valence-corrected chi connectivity index (χ1v) is 12.9. The normalized spacial score (nSPS) is 15.1. The molecule has 34 heavy (non-hydrogen) atoms. The molecule has 0 unspecified atom stereocenters. The standard InChI is InChI=1S/C27H32N4O2S/c1-19(2)20-10-12-21(13-11-20)25(26(32)30-22-7-4-3-5-8-22)31(18-23-9-6-16-34-23)27(33)24-17-28-14-15-29-24/h6,9-17,19,22,25H,3-5,7-8,18H2,1-2H3,(H,30,32)/t25-/m0/s1. The van der Waals surface area contributed by atoms with E-state index in [0.29, 0.717) is 12.5 Å². The molecule has 1 aliphatic rings. The third-order valence-corrected chi connectivity index (χ3v) is 7.24. The number of hydrogen-bond donors (Lipinski definition) is 1. The van der Waals surface area contributed by atoms with E-state index in [1.165, 1.54) is 30.6 Å². The van der Waals surface area contributed by atoms with Gasteiger partial charge in [0, 0.05) is 23.3 Å². The summed E-state index contributed by atoms with van der Waals surface area (Å²) in [5, 5.41) is 5.24. The van der Waals surface area contributed by atoms with Crippen molar-refractivity contribution >= 4 is 23.2 Å². The minimum atomic E-state index is -0.764. The molecule has 178 valence electrons. The summed E-state index contributed by atoms with van der Waals surface area (Å²) < 4.78 is 0. The van der Waals surface area contributed by atoms with Gasteiger partial charge in [-0.3, -0.25) is 14.6 Å². The maximum atomic E-state index is 13.8. The minimum absolute atomic E-state index is 0.141. The van der Waals surface area contributed by atoms with Crippen LogP contribution in [0.3, 0.4) is 0 Å². The molecule has 2 aromatic heterocycles. The lowest BCUT2D eigenvalue weighted by Crippen LogP contribution is -2.47. The molecular formula is C27H32N4O2S. The van der Waals surface area contributed by atoms with E-state index in [-0.39, 0.29) is 23.6 Å². The van der Waals surface area contributed by atoms with Crippen molar-refractivity contribution in [3.63, 3.8) is 0 Å². The van der Waals surface area contributed by atoms with Gasteiger partial charge in [0.2, 0.25) is 5.91 Å². The molecule has 1 aliphatic carbocycles. The zero-order chi connectivity index (χ0) is 23.9. The quantitative estimate of drug-likeness (QED) is 0.466. The SMILES string of the molecule is CC(C)c1ccc([C@@H](C(=O)NC2CCCCC2)N(Cc2cccs2)C(=O)c2cnccn2)cc1. The van der Waals surface area contributed by atoms with Crippen LogP contribution in [0.2, 0.25) is 0 Å². The molecule has 1 fully saturated rings. The van der Waals surface area contributed by atoms with Gasteiger partial charge in [-0.15, -0.1) is 11.3 Å². The van der Waals surface area contributed by atoms with Crippen molar-refractivity contribution in [2.75, 3.05) is 0 Å². The Balaban J connectivity index is 1.72. The van der Waals surface area contributed by atoms with Crippen LogP contribution >= 0.6 is 11.3 Å². The van der Waals surface area contributed by atoms with Gasteiger partial charge >= 0.3 is 0 Å². The van der Waals surface area contributed by atoms with Gasteiger partial charge in [0.25, 0.3) is 5.91 Å². The first-order chi connectivity index (χ1) is 16.5. The summed E-state index contributed by atoms with van der Waals surface area (Å²) in [6, 6.07) is 11.4. The number of hydrogen-bond acceptors (Lipinski definition) is 5. The highest BCUT2D eigenvalue weighted by atomic mass is 32.1.